The quantitative estimate of drug-likeness (QED) is 0.783. The molecule has 0 aliphatic heterocycles. The molecule has 0 aromatic heterocycles. The minimum absolute atomic E-state index is 0.482. The van der Waals surface area contributed by atoms with E-state index in [1.54, 1.807) is 12.1 Å². The topological polar surface area (TPSA) is 32.3 Å². The summed E-state index contributed by atoms with van der Waals surface area (Å²) >= 11 is 18.3. The van der Waals surface area contributed by atoms with Gasteiger partial charge >= 0.3 is 0 Å². The van der Waals surface area contributed by atoms with Crippen LogP contribution in [0.2, 0.25) is 15.1 Å². The molecule has 112 valence electrons. The predicted molar refractivity (Wildman–Crippen MR) is 85.8 cm³/mol. The fourth-order valence-electron chi connectivity index (χ4n) is 2.63. The molecular formula is C15H20Cl3NO. The van der Waals surface area contributed by atoms with Gasteiger partial charge in [0.05, 0.1) is 15.6 Å². The lowest BCUT2D eigenvalue weighted by molar-refractivity contribution is -0.00630. The molecule has 0 unspecified atom stereocenters. The fraction of sp³-hybridized carbons (Fsp3) is 0.600. The van der Waals surface area contributed by atoms with Gasteiger partial charge in [0.25, 0.3) is 0 Å². The van der Waals surface area contributed by atoms with E-state index >= 15 is 0 Å². The fourth-order valence-corrected chi connectivity index (χ4v) is 3.31. The average Bonchev–Trinajstić information content (AvgIpc) is 2.42. The maximum atomic E-state index is 10.5. The first-order valence-corrected chi connectivity index (χ1v) is 8.10. The van der Waals surface area contributed by atoms with Crippen molar-refractivity contribution in [3.05, 3.63) is 32.8 Å². The number of rotatable bonds is 4. The summed E-state index contributed by atoms with van der Waals surface area (Å²) in [5, 5.41) is 15.3. The Morgan fingerprint density at radius 1 is 1.20 bits per heavy atom. The molecule has 0 atom stereocenters. The predicted octanol–water partition coefficient (Wildman–Crippen LogP) is 4.68. The van der Waals surface area contributed by atoms with Crippen LogP contribution in [-0.4, -0.2) is 17.3 Å². The van der Waals surface area contributed by atoms with Crippen molar-refractivity contribution in [3.8, 4) is 0 Å². The second kappa shape index (κ2) is 6.85. The molecule has 1 aromatic carbocycles. The van der Waals surface area contributed by atoms with Gasteiger partial charge in [0, 0.05) is 23.7 Å². The molecular weight excluding hydrogens is 317 g/mol. The molecule has 20 heavy (non-hydrogen) atoms. The molecule has 1 aliphatic rings. The first kappa shape index (κ1) is 16.4. The van der Waals surface area contributed by atoms with Crippen LogP contribution >= 0.6 is 34.8 Å². The Hall–Kier alpha value is 0.01000. The van der Waals surface area contributed by atoms with Crippen molar-refractivity contribution >= 4 is 34.8 Å². The van der Waals surface area contributed by atoms with Crippen molar-refractivity contribution in [1.82, 2.24) is 5.32 Å². The van der Waals surface area contributed by atoms with Crippen LogP contribution in [0.4, 0.5) is 0 Å². The Morgan fingerprint density at radius 2 is 1.80 bits per heavy atom. The lowest BCUT2D eigenvalue weighted by atomic mass is 9.79. The van der Waals surface area contributed by atoms with Crippen molar-refractivity contribution in [2.45, 2.75) is 44.8 Å². The molecule has 2 rings (SSSR count). The number of aliphatic hydroxyl groups is 1. The van der Waals surface area contributed by atoms with Gasteiger partial charge in [-0.15, -0.1) is 0 Å². The van der Waals surface area contributed by atoms with Crippen LogP contribution in [0.3, 0.4) is 0 Å². The van der Waals surface area contributed by atoms with E-state index < -0.39 is 5.60 Å². The molecule has 1 saturated carbocycles. The van der Waals surface area contributed by atoms with Crippen LogP contribution in [0.25, 0.3) is 0 Å². The van der Waals surface area contributed by atoms with E-state index in [0.29, 0.717) is 34.1 Å². The molecule has 2 nitrogen and oxygen atoms in total. The Bertz CT molecular complexity index is 470. The van der Waals surface area contributed by atoms with Crippen molar-refractivity contribution in [1.29, 1.82) is 0 Å². The third kappa shape index (κ3) is 4.02. The monoisotopic (exact) mass is 335 g/mol. The summed E-state index contributed by atoms with van der Waals surface area (Å²) in [6.45, 7) is 3.30. The van der Waals surface area contributed by atoms with Crippen molar-refractivity contribution in [2.24, 2.45) is 5.92 Å². The normalized spacial score (nSPS) is 26.8. The number of hydrogen-bond acceptors (Lipinski definition) is 2. The third-order valence-electron chi connectivity index (χ3n) is 4.10. The van der Waals surface area contributed by atoms with Crippen molar-refractivity contribution < 1.29 is 5.11 Å². The van der Waals surface area contributed by atoms with Gasteiger partial charge in [-0.3, -0.25) is 0 Å². The minimum atomic E-state index is -0.607. The lowest BCUT2D eigenvalue weighted by Crippen LogP contribution is -2.43. The van der Waals surface area contributed by atoms with Crippen LogP contribution in [-0.2, 0) is 6.54 Å². The lowest BCUT2D eigenvalue weighted by Gasteiger charge is -2.35. The van der Waals surface area contributed by atoms with E-state index in [1.807, 2.05) is 0 Å². The maximum absolute atomic E-state index is 10.5. The summed E-state index contributed by atoms with van der Waals surface area (Å²) in [5.74, 6) is 0.715. The summed E-state index contributed by atoms with van der Waals surface area (Å²) in [5.41, 5.74) is 0.179. The molecule has 0 amide bonds. The zero-order valence-corrected chi connectivity index (χ0v) is 13.8. The zero-order valence-electron chi connectivity index (χ0n) is 11.6. The number of hydrogen-bond donors (Lipinski definition) is 2. The van der Waals surface area contributed by atoms with Gasteiger partial charge in [-0.25, -0.2) is 0 Å². The summed E-state index contributed by atoms with van der Waals surface area (Å²) in [4.78, 5) is 0. The summed E-state index contributed by atoms with van der Waals surface area (Å²) in [6.07, 6.45) is 3.85. The van der Waals surface area contributed by atoms with E-state index in [9.17, 15) is 5.11 Å². The maximum Gasteiger partial charge on any atom is 0.0771 e. The standard InChI is InChI=1S/C15H20Cl3NO/c1-10-4-6-15(20,7-5-10)9-19-8-11-12(16)2-3-13(17)14(11)18/h2-3,10,19-20H,4-9H2,1H3. The van der Waals surface area contributed by atoms with Gasteiger partial charge in [0.1, 0.15) is 0 Å². The first-order chi connectivity index (χ1) is 9.41. The smallest absolute Gasteiger partial charge is 0.0771 e. The third-order valence-corrected chi connectivity index (χ3v) is 5.30. The van der Waals surface area contributed by atoms with Crippen LogP contribution < -0.4 is 5.32 Å². The van der Waals surface area contributed by atoms with Crippen LogP contribution in [0, 0.1) is 5.92 Å². The molecule has 0 saturated heterocycles. The molecule has 0 bridgehead atoms. The van der Waals surface area contributed by atoms with E-state index in [-0.39, 0.29) is 0 Å². The highest BCUT2D eigenvalue weighted by atomic mass is 35.5. The number of benzene rings is 1. The Kier molecular flexibility index (Phi) is 5.61. The molecule has 0 radical (unpaired) electrons. The van der Waals surface area contributed by atoms with E-state index in [1.165, 1.54) is 0 Å². The van der Waals surface area contributed by atoms with E-state index in [4.69, 9.17) is 34.8 Å². The SMILES string of the molecule is CC1CCC(O)(CNCc2c(Cl)ccc(Cl)c2Cl)CC1. The van der Waals surface area contributed by atoms with Gasteiger partial charge in [0.15, 0.2) is 0 Å². The largest absolute Gasteiger partial charge is 0.389 e. The molecule has 1 fully saturated rings. The van der Waals surface area contributed by atoms with Crippen LogP contribution in [0.1, 0.15) is 38.2 Å². The van der Waals surface area contributed by atoms with E-state index in [0.717, 1.165) is 31.2 Å². The Labute approximate surface area is 135 Å². The molecule has 2 N–H and O–H groups in total. The van der Waals surface area contributed by atoms with Gasteiger partial charge in [0.2, 0.25) is 0 Å². The van der Waals surface area contributed by atoms with Gasteiger partial charge in [-0.1, -0.05) is 41.7 Å². The molecule has 1 aromatic rings. The first-order valence-electron chi connectivity index (χ1n) is 6.97. The summed E-state index contributed by atoms with van der Waals surface area (Å²) in [7, 11) is 0. The minimum Gasteiger partial charge on any atom is -0.389 e. The van der Waals surface area contributed by atoms with Crippen LogP contribution in [0.15, 0.2) is 12.1 Å². The zero-order chi connectivity index (χ0) is 14.8. The van der Waals surface area contributed by atoms with Crippen LogP contribution in [0.5, 0.6) is 0 Å². The van der Waals surface area contributed by atoms with Gasteiger partial charge in [-0.2, -0.15) is 0 Å². The van der Waals surface area contributed by atoms with Crippen molar-refractivity contribution in [2.75, 3.05) is 6.54 Å². The summed E-state index contributed by atoms with van der Waals surface area (Å²) < 4.78 is 0. The number of nitrogens with one attached hydrogen (secondary N) is 1. The highest BCUT2D eigenvalue weighted by Crippen LogP contribution is 2.33. The molecule has 0 spiro atoms. The molecule has 1 aliphatic carbocycles. The highest BCUT2D eigenvalue weighted by Gasteiger charge is 2.31. The highest BCUT2D eigenvalue weighted by molar-refractivity contribution is 6.44. The summed E-state index contributed by atoms with van der Waals surface area (Å²) in [6, 6.07) is 3.43. The molecule has 0 heterocycles. The van der Waals surface area contributed by atoms with Gasteiger partial charge in [-0.05, 0) is 43.7 Å². The van der Waals surface area contributed by atoms with Crippen molar-refractivity contribution in [3.63, 3.8) is 0 Å². The second-order valence-corrected chi connectivity index (χ2v) is 7.02. The number of halogens is 3. The second-order valence-electron chi connectivity index (χ2n) is 5.83. The van der Waals surface area contributed by atoms with Gasteiger partial charge < -0.3 is 10.4 Å². The average molecular weight is 337 g/mol. The van der Waals surface area contributed by atoms with E-state index in [2.05, 4.69) is 12.2 Å². The Balaban J connectivity index is 1.92. The molecule has 5 heteroatoms. The Morgan fingerprint density at radius 3 is 2.45 bits per heavy atom.